The smallest absolute Gasteiger partial charge is 0.290 e. The molecular formula is C10H8F4O. The first kappa shape index (κ1) is 11.7. The van der Waals surface area contributed by atoms with Gasteiger partial charge in [0.2, 0.25) is 5.78 Å². The summed E-state index contributed by atoms with van der Waals surface area (Å²) < 4.78 is 47.8. The monoisotopic (exact) mass is 220 g/mol. The maximum absolute atomic E-state index is 12.4. The van der Waals surface area contributed by atoms with Crippen LogP contribution in [-0.4, -0.2) is 12.0 Å². The van der Waals surface area contributed by atoms with Crippen LogP contribution in [0.15, 0.2) is 24.3 Å². The number of carbonyl (C=O) groups excluding carboxylic acids is 1. The Labute approximate surface area is 83.7 Å². The van der Waals surface area contributed by atoms with E-state index in [4.69, 9.17) is 0 Å². The number of Topliss-reactive ketones (excluding diaryl/α,β-unsaturated/α-hetero) is 1. The van der Waals surface area contributed by atoms with Crippen LogP contribution >= 0.6 is 0 Å². The highest BCUT2D eigenvalue weighted by molar-refractivity contribution is 5.84. The van der Waals surface area contributed by atoms with Crippen LogP contribution in [0.25, 0.3) is 0 Å². The summed E-state index contributed by atoms with van der Waals surface area (Å²) in [7, 11) is 0. The molecule has 0 N–H and O–H groups in total. The van der Waals surface area contributed by atoms with Crippen LogP contribution in [0.5, 0.6) is 0 Å². The van der Waals surface area contributed by atoms with Gasteiger partial charge in [-0.25, -0.2) is 4.39 Å². The lowest BCUT2D eigenvalue weighted by Gasteiger charge is -2.04. The molecule has 0 unspecified atom stereocenters. The van der Waals surface area contributed by atoms with Crippen molar-refractivity contribution in [2.24, 2.45) is 0 Å². The average Bonchev–Trinajstić information content (AvgIpc) is 2.15. The van der Waals surface area contributed by atoms with Crippen molar-refractivity contribution in [2.75, 3.05) is 0 Å². The predicted molar refractivity (Wildman–Crippen MR) is 45.8 cm³/mol. The van der Waals surface area contributed by atoms with Gasteiger partial charge in [0, 0.05) is 6.42 Å². The highest BCUT2D eigenvalue weighted by Crippen LogP contribution is 2.19. The van der Waals surface area contributed by atoms with Crippen molar-refractivity contribution in [2.45, 2.75) is 19.0 Å². The van der Waals surface area contributed by atoms with Crippen LogP contribution in [0, 0.1) is 5.82 Å². The van der Waals surface area contributed by atoms with Crippen LogP contribution in [0.1, 0.15) is 12.0 Å². The van der Waals surface area contributed by atoms with Gasteiger partial charge in [0.25, 0.3) is 0 Å². The number of halogens is 4. The molecule has 0 fully saturated rings. The largest absolute Gasteiger partial charge is 0.449 e. The summed E-state index contributed by atoms with van der Waals surface area (Å²) in [6.07, 6.45) is -5.41. The van der Waals surface area contributed by atoms with E-state index in [1.165, 1.54) is 12.1 Å². The molecule has 0 saturated carbocycles. The van der Waals surface area contributed by atoms with E-state index in [9.17, 15) is 22.4 Å². The number of hydrogen-bond acceptors (Lipinski definition) is 1. The van der Waals surface area contributed by atoms with Gasteiger partial charge in [-0.1, -0.05) is 12.1 Å². The van der Waals surface area contributed by atoms with Crippen LogP contribution in [0.2, 0.25) is 0 Å². The first-order valence-electron chi connectivity index (χ1n) is 4.24. The van der Waals surface area contributed by atoms with Gasteiger partial charge in [0.15, 0.2) is 0 Å². The lowest BCUT2D eigenvalue weighted by atomic mass is 10.1. The van der Waals surface area contributed by atoms with Gasteiger partial charge in [-0.05, 0) is 24.1 Å². The SMILES string of the molecule is O=C(CCc1ccc(F)cc1)C(F)(F)F. The molecule has 0 spiro atoms. The molecule has 1 nitrogen and oxygen atoms in total. The fourth-order valence-electron chi connectivity index (χ4n) is 1.05. The van der Waals surface area contributed by atoms with Crippen molar-refractivity contribution in [3.8, 4) is 0 Å². The topological polar surface area (TPSA) is 17.1 Å². The molecule has 0 aliphatic heterocycles. The summed E-state index contributed by atoms with van der Waals surface area (Å²) in [6.45, 7) is 0. The standard InChI is InChI=1S/C10H8F4O/c11-8-4-1-7(2-5-8)3-6-9(15)10(12,13)14/h1-2,4-5H,3,6H2. The lowest BCUT2D eigenvalue weighted by molar-refractivity contribution is -0.171. The van der Waals surface area contributed by atoms with Crippen molar-refractivity contribution < 1.29 is 22.4 Å². The fraction of sp³-hybridized carbons (Fsp3) is 0.300. The van der Waals surface area contributed by atoms with Gasteiger partial charge in [0.1, 0.15) is 5.82 Å². The molecule has 0 atom stereocenters. The lowest BCUT2D eigenvalue weighted by Crippen LogP contribution is -2.22. The molecule has 82 valence electrons. The third kappa shape index (κ3) is 3.69. The molecule has 15 heavy (non-hydrogen) atoms. The third-order valence-corrected chi connectivity index (χ3v) is 1.87. The number of alkyl halides is 3. The zero-order chi connectivity index (χ0) is 11.5. The molecule has 0 bridgehead atoms. The quantitative estimate of drug-likeness (QED) is 0.716. The van der Waals surface area contributed by atoms with Crippen molar-refractivity contribution in [1.29, 1.82) is 0 Å². The normalized spacial score (nSPS) is 11.5. The third-order valence-electron chi connectivity index (χ3n) is 1.87. The summed E-state index contributed by atoms with van der Waals surface area (Å²) in [5.74, 6) is -2.22. The number of rotatable bonds is 3. The molecule has 0 aliphatic rings. The molecular weight excluding hydrogens is 212 g/mol. The summed E-state index contributed by atoms with van der Waals surface area (Å²) in [5.41, 5.74) is 0.508. The summed E-state index contributed by atoms with van der Waals surface area (Å²) in [4.78, 5) is 10.5. The molecule has 5 heteroatoms. The minimum absolute atomic E-state index is 0.0291. The van der Waals surface area contributed by atoms with Crippen molar-refractivity contribution in [3.05, 3.63) is 35.6 Å². The number of aryl methyl sites for hydroxylation is 1. The van der Waals surface area contributed by atoms with E-state index in [-0.39, 0.29) is 6.42 Å². The first-order chi connectivity index (χ1) is 6.89. The zero-order valence-electron chi connectivity index (χ0n) is 7.64. The molecule has 0 radical (unpaired) electrons. The van der Waals surface area contributed by atoms with Gasteiger partial charge in [-0.15, -0.1) is 0 Å². The number of benzene rings is 1. The Kier molecular flexibility index (Phi) is 3.44. The Hall–Kier alpha value is -1.39. The molecule has 0 saturated heterocycles. The van der Waals surface area contributed by atoms with E-state index in [0.29, 0.717) is 5.56 Å². The van der Waals surface area contributed by atoms with Gasteiger partial charge < -0.3 is 0 Å². The summed E-state index contributed by atoms with van der Waals surface area (Å²) in [5, 5.41) is 0. The maximum Gasteiger partial charge on any atom is 0.449 e. The van der Waals surface area contributed by atoms with Crippen molar-refractivity contribution in [1.82, 2.24) is 0 Å². The Balaban J connectivity index is 2.51. The average molecular weight is 220 g/mol. The second-order valence-electron chi connectivity index (χ2n) is 3.05. The van der Waals surface area contributed by atoms with Crippen molar-refractivity contribution in [3.63, 3.8) is 0 Å². The van der Waals surface area contributed by atoms with Crippen LogP contribution in [0.3, 0.4) is 0 Å². The highest BCUT2D eigenvalue weighted by atomic mass is 19.4. The second-order valence-corrected chi connectivity index (χ2v) is 3.05. The first-order valence-corrected chi connectivity index (χ1v) is 4.24. The van der Waals surface area contributed by atoms with E-state index < -0.39 is 24.2 Å². The summed E-state index contributed by atoms with van der Waals surface area (Å²) >= 11 is 0. The van der Waals surface area contributed by atoms with Crippen LogP contribution < -0.4 is 0 Å². The Morgan fingerprint density at radius 2 is 1.67 bits per heavy atom. The Morgan fingerprint density at radius 3 is 2.13 bits per heavy atom. The number of ketones is 1. The number of carbonyl (C=O) groups is 1. The highest BCUT2D eigenvalue weighted by Gasteiger charge is 2.37. The molecule has 0 aromatic heterocycles. The minimum atomic E-state index is -4.78. The van der Waals surface area contributed by atoms with Crippen LogP contribution in [-0.2, 0) is 11.2 Å². The van der Waals surface area contributed by atoms with E-state index >= 15 is 0 Å². The van der Waals surface area contributed by atoms with Crippen LogP contribution in [0.4, 0.5) is 17.6 Å². The maximum atomic E-state index is 12.4. The van der Waals surface area contributed by atoms with Gasteiger partial charge >= 0.3 is 6.18 Å². The van der Waals surface area contributed by atoms with E-state index in [0.717, 1.165) is 12.1 Å². The van der Waals surface area contributed by atoms with Gasteiger partial charge in [-0.3, -0.25) is 4.79 Å². The molecule has 1 aromatic carbocycles. The molecule has 0 aliphatic carbocycles. The minimum Gasteiger partial charge on any atom is -0.290 e. The molecule has 0 amide bonds. The van der Waals surface area contributed by atoms with Gasteiger partial charge in [0.05, 0.1) is 0 Å². The van der Waals surface area contributed by atoms with Gasteiger partial charge in [-0.2, -0.15) is 13.2 Å². The molecule has 0 heterocycles. The van der Waals surface area contributed by atoms with E-state index in [2.05, 4.69) is 0 Å². The predicted octanol–water partition coefficient (Wildman–Crippen LogP) is 2.89. The summed E-state index contributed by atoms with van der Waals surface area (Å²) in [6, 6.07) is 5.01. The Bertz CT molecular complexity index is 339. The zero-order valence-corrected chi connectivity index (χ0v) is 7.64. The molecule has 1 aromatic rings. The number of hydrogen-bond donors (Lipinski definition) is 0. The van der Waals surface area contributed by atoms with E-state index in [1.807, 2.05) is 0 Å². The second kappa shape index (κ2) is 4.42. The molecule has 1 rings (SSSR count). The van der Waals surface area contributed by atoms with Crippen molar-refractivity contribution >= 4 is 5.78 Å². The van der Waals surface area contributed by atoms with E-state index in [1.54, 1.807) is 0 Å². The fourth-order valence-corrected chi connectivity index (χ4v) is 1.05. The Morgan fingerprint density at radius 1 is 1.13 bits per heavy atom.